The molecular weight excluding hydrogens is 787 g/mol. The van der Waals surface area contributed by atoms with Crippen LogP contribution in [-0.2, 0) is 52.7 Å². The molecule has 6 atom stereocenters. The van der Waals surface area contributed by atoms with Crippen LogP contribution in [-0.4, -0.2) is 149 Å². The average molecular weight is 834 g/mol. The van der Waals surface area contributed by atoms with Gasteiger partial charge in [-0.3, -0.25) is 52.7 Å². The summed E-state index contributed by atoms with van der Waals surface area (Å²) in [5.74, 6) is -17.2. The van der Waals surface area contributed by atoms with Crippen LogP contribution in [0.15, 0.2) is 0 Å². The number of carboxylic acid groups (broad SMARTS) is 4. The number of nitrogens with zero attached hydrogens (tertiary/aromatic N) is 2. The van der Waals surface area contributed by atoms with E-state index < -0.39 is 126 Å². The van der Waals surface area contributed by atoms with Gasteiger partial charge in [-0.05, 0) is 45.6 Å². The Bertz CT molecular complexity index is 1590. The molecule has 312 valence electrons. The fourth-order valence-corrected chi connectivity index (χ4v) is 6.16. The molecule has 1 saturated heterocycles. The molecule has 0 bridgehead atoms. The lowest BCUT2D eigenvalue weighted by Crippen LogP contribution is -2.63. The number of carboxylic acids is 4. The third-order valence-corrected chi connectivity index (χ3v) is 9.12. The monoisotopic (exact) mass is 833 g/mol. The van der Waals surface area contributed by atoms with Crippen LogP contribution in [0.5, 0.6) is 0 Å². The number of nitrogens with one attached hydrogen (secondary N) is 4. The molecule has 1 rings (SSSR count). The molecule has 0 saturated carbocycles. The quantitative estimate of drug-likeness (QED) is 0.0314. The maximum atomic E-state index is 14.3. The minimum atomic E-state index is -3.76. The molecule has 0 unspecified atom stereocenters. The second kappa shape index (κ2) is 21.3. The normalized spacial score (nSPS) is 16.6. The van der Waals surface area contributed by atoms with Crippen molar-refractivity contribution in [2.24, 2.45) is 17.1 Å². The molecule has 0 aromatic rings. The van der Waals surface area contributed by atoms with E-state index in [0.29, 0.717) is 4.90 Å². The van der Waals surface area contributed by atoms with E-state index >= 15 is 0 Å². The zero-order chi connectivity index (χ0) is 43.4. The van der Waals surface area contributed by atoms with E-state index in [9.17, 15) is 68.1 Å². The molecule has 56 heavy (non-hydrogen) atoms. The van der Waals surface area contributed by atoms with Gasteiger partial charge in [-0.2, -0.15) is 0 Å². The van der Waals surface area contributed by atoms with Gasteiger partial charge in [0.15, 0.2) is 0 Å². The minimum Gasteiger partial charge on any atom is -0.481 e. The summed E-state index contributed by atoms with van der Waals surface area (Å²) in [6.45, 7) is 5.31. The van der Waals surface area contributed by atoms with Crippen molar-refractivity contribution in [1.29, 1.82) is 0 Å². The molecular formula is C32H47N7O15S2. The molecule has 1 aliphatic heterocycles. The zero-order valence-electron chi connectivity index (χ0n) is 31.1. The van der Waals surface area contributed by atoms with E-state index in [1.165, 1.54) is 14.0 Å². The molecule has 0 aliphatic carbocycles. The van der Waals surface area contributed by atoms with Gasteiger partial charge in [-0.15, -0.1) is 12.6 Å². The molecule has 22 nitrogen and oxygen atoms in total. The summed E-state index contributed by atoms with van der Waals surface area (Å²) < 4.78 is -0.341. The molecule has 0 radical (unpaired) electrons. The van der Waals surface area contributed by atoms with E-state index in [-0.39, 0.29) is 40.8 Å². The van der Waals surface area contributed by atoms with Crippen LogP contribution in [0.25, 0.3) is 0 Å². The lowest BCUT2D eigenvalue weighted by molar-refractivity contribution is -0.178. The highest BCUT2D eigenvalue weighted by Crippen LogP contribution is 2.29. The van der Waals surface area contributed by atoms with Crippen LogP contribution < -0.4 is 27.0 Å². The Balaban J connectivity index is 3.85. The Kier molecular flexibility index (Phi) is 18.6. The van der Waals surface area contributed by atoms with Crippen LogP contribution in [0.4, 0.5) is 0 Å². The Morgan fingerprint density at radius 3 is 1.86 bits per heavy atom. The molecule has 1 heterocycles. The smallest absolute Gasteiger partial charge is 0.332 e. The van der Waals surface area contributed by atoms with Gasteiger partial charge in [0.25, 0.3) is 23.1 Å². The van der Waals surface area contributed by atoms with Crippen molar-refractivity contribution in [3.63, 3.8) is 0 Å². The van der Waals surface area contributed by atoms with Gasteiger partial charge in [0.2, 0.25) is 23.6 Å². The number of rotatable bonds is 21. The van der Waals surface area contributed by atoms with E-state index in [0.717, 1.165) is 6.92 Å². The van der Waals surface area contributed by atoms with Crippen LogP contribution in [0.3, 0.4) is 0 Å². The number of amides is 7. The van der Waals surface area contributed by atoms with Gasteiger partial charge < -0.3 is 52.3 Å². The second-order valence-corrected chi connectivity index (χ2v) is 14.6. The first-order valence-electron chi connectivity index (χ1n) is 17.0. The number of carbonyl (C=O) groups excluding carboxylic acids is 7. The predicted octanol–water partition coefficient (Wildman–Crippen LogP) is -2.93. The van der Waals surface area contributed by atoms with Gasteiger partial charge in [0, 0.05) is 26.3 Å². The number of imide groups is 3. The highest BCUT2D eigenvalue weighted by atomic mass is 32.1. The van der Waals surface area contributed by atoms with Crippen molar-refractivity contribution >= 4 is 94.3 Å². The summed E-state index contributed by atoms with van der Waals surface area (Å²) in [7, 11) is 1.23. The lowest BCUT2D eigenvalue weighted by atomic mass is 9.81. The maximum Gasteiger partial charge on any atom is 0.332 e. The summed E-state index contributed by atoms with van der Waals surface area (Å²) >= 11 is 8.91. The molecule has 0 aromatic heterocycles. The number of thiol groups is 1. The number of thiocarbonyl (C=S) groups is 1. The fourth-order valence-electron chi connectivity index (χ4n) is 5.70. The van der Waals surface area contributed by atoms with Gasteiger partial charge in [-0.1, -0.05) is 26.1 Å². The van der Waals surface area contributed by atoms with Crippen molar-refractivity contribution in [1.82, 2.24) is 31.1 Å². The lowest BCUT2D eigenvalue weighted by Gasteiger charge is -2.34. The van der Waals surface area contributed by atoms with Crippen LogP contribution >= 0.6 is 24.8 Å². The van der Waals surface area contributed by atoms with E-state index in [1.807, 2.05) is 0 Å². The van der Waals surface area contributed by atoms with Crippen molar-refractivity contribution < 1.29 is 73.2 Å². The third-order valence-electron chi connectivity index (χ3n) is 8.62. The summed E-state index contributed by atoms with van der Waals surface area (Å²) in [5.41, 5.74) is 2.11. The number of likely N-dealkylation sites (tertiary alicyclic amines) is 1. The Hall–Kier alpha value is -5.07. The Morgan fingerprint density at radius 2 is 1.41 bits per heavy atom. The number of hydrogen-bond acceptors (Lipinski definition) is 14. The predicted molar refractivity (Wildman–Crippen MR) is 197 cm³/mol. The van der Waals surface area contributed by atoms with Gasteiger partial charge in [0.1, 0.15) is 30.2 Å². The Labute approximate surface area is 331 Å². The zero-order valence-corrected chi connectivity index (χ0v) is 32.8. The summed E-state index contributed by atoms with van der Waals surface area (Å²) in [6.07, 6.45) is -3.28. The molecule has 0 aromatic carbocycles. The number of carbonyl (C=O) groups is 11. The van der Waals surface area contributed by atoms with Crippen molar-refractivity contribution in [2.75, 3.05) is 13.6 Å². The second-order valence-electron chi connectivity index (χ2n) is 13.3. The topological polar surface area (TPSA) is 349 Å². The van der Waals surface area contributed by atoms with Gasteiger partial charge in [0.05, 0.1) is 10.2 Å². The van der Waals surface area contributed by atoms with Crippen LogP contribution in [0.1, 0.15) is 66.2 Å². The maximum absolute atomic E-state index is 14.3. The standard InChI is InChI=1S/C32H47N7O15S2/c1-13(2)11-17(36-22(43)14(3)35-15(4)40)23(44)37-18(12-32(29(49)50,30(51)52)31(53)54)25(46)38-10-6-7-19(38)26(47)39(27(48)21(34-5)28(55)56)24(45)16(33)8-9-20(41)42/h13-14,16-19,21,34H,6-12,33H2,1-5H3,(H,35,40)(H,36,43)(H,37,44)(H,41,42)(H,49,50)(H,51,52)(H,53,54)(H,55,56)/t14-,16-,17-,18-,19-,21+/m0/s1. The first kappa shape index (κ1) is 48.9. The molecule has 7 amide bonds. The van der Waals surface area contributed by atoms with Crippen LogP contribution in [0.2, 0.25) is 0 Å². The number of hydrogen-bond donors (Lipinski definition) is 10. The minimum absolute atomic E-state index is 0.0282. The third kappa shape index (κ3) is 12.5. The first-order chi connectivity index (χ1) is 25.8. The van der Waals surface area contributed by atoms with E-state index in [1.54, 1.807) is 13.8 Å². The first-order valence-corrected chi connectivity index (χ1v) is 17.9. The highest BCUT2D eigenvalue weighted by Gasteiger charge is 2.58. The number of aliphatic carboxylic acids is 4. The van der Waals surface area contributed by atoms with Crippen molar-refractivity contribution in [3.05, 3.63) is 0 Å². The van der Waals surface area contributed by atoms with Crippen LogP contribution in [0, 0.1) is 11.3 Å². The van der Waals surface area contributed by atoms with E-state index in [2.05, 4.69) is 33.9 Å². The number of nitrogens with two attached hydrogens (primary N) is 1. The molecule has 10 N–H and O–H groups in total. The van der Waals surface area contributed by atoms with Gasteiger partial charge in [-0.25, -0.2) is 4.90 Å². The van der Waals surface area contributed by atoms with Crippen molar-refractivity contribution in [3.8, 4) is 0 Å². The summed E-state index contributed by atoms with van der Waals surface area (Å²) in [5, 5.41) is 47.9. The average Bonchev–Trinajstić information content (AvgIpc) is 3.57. The Morgan fingerprint density at radius 1 is 0.875 bits per heavy atom. The van der Waals surface area contributed by atoms with Crippen molar-refractivity contribution in [2.45, 2.75) is 102 Å². The molecule has 1 aliphatic rings. The van der Waals surface area contributed by atoms with Gasteiger partial charge >= 0.3 is 23.9 Å². The van der Waals surface area contributed by atoms with E-state index in [4.69, 9.17) is 23.1 Å². The number of likely N-dealkylation sites (N-methyl/N-ethyl adjacent to an activating group) is 1. The SMILES string of the molecule is CN[C@H](C(=O)N(C(=O)[C@@H](N)CCC(=O)O)C(=O)[C@@H]1CCCN1C(=O)[C@H](CC(C(=O)O)(C(=O)O)C(=O)O)NC(=O)[C@H](CC(C)C)NC(=O)[C@H](C)NC(C)=O)C(=S)S. The molecule has 0 spiro atoms. The largest absolute Gasteiger partial charge is 0.481 e. The highest BCUT2D eigenvalue weighted by molar-refractivity contribution is 8.11. The summed E-state index contributed by atoms with van der Waals surface area (Å²) in [6, 6.07) is -10.1. The molecule has 1 fully saturated rings. The summed E-state index contributed by atoms with van der Waals surface area (Å²) in [4.78, 5) is 142. The fraction of sp³-hybridized carbons (Fsp3) is 0.625. The molecule has 24 heteroatoms.